The van der Waals surface area contributed by atoms with Crippen LogP contribution in [-0.2, 0) is 11.3 Å². The Labute approximate surface area is 144 Å². The van der Waals surface area contributed by atoms with E-state index in [0.717, 1.165) is 53.2 Å². The topological polar surface area (TPSA) is 75.2 Å². The van der Waals surface area contributed by atoms with Crippen molar-refractivity contribution in [3.63, 3.8) is 0 Å². The van der Waals surface area contributed by atoms with Gasteiger partial charge >= 0.3 is 0 Å². The Morgan fingerprint density at radius 2 is 2.20 bits per heavy atom. The molecule has 124 valence electrons. The minimum Gasteiger partial charge on any atom is -0.377 e. The molecular formula is C19H17N5O. The molecule has 3 aromatic rings. The first kappa shape index (κ1) is 14.4. The van der Waals surface area contributed by atoms with Crippen molar-refractivity contribution in [2.75, 3.05) is 18.5 Å². The number of hydrogen-bond donors (Lipinski definition) is 2. The summed E-state index contributed by atoms with van der Waals surface area (Å²) in [6.45, 7) is 2.17. The third-order valence-electron chi connectivity index (χ3n) is 4.68. The highest BCUT2D eigenvalue weighted by Gasteiger charge is 2.16. The third-order valence-corrected chi connectivity index (χ3v) is 4.68. The van der Waals surface area contributed by atoms with Crippen LogP contribution < -0.4 is 5.32 Å². The number of fused-ring (bicyclic) bond motifs is 2. The molecule has 0 saturated carbocycles. The quantitative estimate of drug-likeness (QED) is 0.771. The zero-order chi connectivity index (χ0) is 16.6. The van der Waals surface area contributed by atoms with Gasteiger partial charge in [0.1, 0.15) is 17.8 Å². The molecule has 0 bridgehead atoms. The van der Waals surface area contributed by atoms with Gasteiger partial charge in [-0.3, -0.25) is 4.99 Å². The molecule has 2 N–H and O–H groups in total. The smallest absolute Gasteiger partial charge is 0.143 e. The number of ether oxygens (including phenoxy) is 1. The normalized spacial score (nSPS) is 16.1. The summed E-state index contributed by atoms with van der Waals surface area (Å²) in [5, 5.41) is 4.47. The van der Waals surface area contributed by atoms with Gasteiger partial charge in [0.25, 0.3) is 0 Å². The standard InChI is InChI=1S/C19H17N5O/c1-2-15(7-14-9-20-8-13(1)14)24-19-17-16(12-3-5-25-6-4-12)10-21-18(17)22-11-23-19/h1-3,7,9-11H,4-6,8H2,(H2,21,22,23,24). The molecule has 0 radical (unpaired) electrons. The Morgan fingerprint density at radius 1 is 1.20 bits per heavy atom. The van der Waals surface area contributed by atoms with Crippen molar-refractivity contribution >= 4 is 34.3 Å². The lowest BCUT2D eigenvalue weighted by atomic mass is 10.0. The highest BCUT2D eigenvalue weighted by molar-refractivity contribution is 5.99. The number of nitrogens with zero attached hydrogens (tertiary/aromatic N) is 3. The predicted octanol–water partition coefficient (Wildman–Crippen LogP) is 3.44. The molecule has 0 saturated heterocycles. The number of anilines is 2. The second kappa shape index (κ2) is 5.82. The summed E-state index contributed by atoms with van der Waals surface area (Å²) in [5.41, 5.74) is 6.67. The summed E-state index contributed by atoms with van der Waals surface area (Å²) in [6, 6.07) is 6.30. The SMILES string of the molecule is C1=NCc2ccc(Nc3ncnc4[nH]cc(C5=CCOCC5)c34)cc21. The monoisotopic (exact) mass is 331 g/mol. The molecule has 6 heteroatoms. The third kappa shape index (κ3) is 2.51. The lowest BCUT2D eigenvalue weighted by Crippen LogP contribution is -2.04. The number of H-pyrrole nitrogens is 1. The average Bonchev–Trinajstić information content (AvgIpc) is 3.29. The minimum atomic E-state index is 0.655. The largest absolute Gasteiger partial charge is 0.377 e. The van der Waals surface area contributed by atoms with Crippen LogP contribution in [0.5, 0.6) is 0 Å². The van der Waals surface area contributed by atoms with Crippen molar-refractivity contribution in [2.45, 2.75) is 13.0 Å². The maximum Gasteiger partial charge on any atom is 0.143 e. The number of nitrogens with one attached hydrogen (secondary N) is 2. The summed E-state index contributed by atoms with van der Waals surface area (Å²) >= 11 is 0. The van der Waals surface area contributed by atoms with Crippen molar-refractivity contribution in [1.82, 2.24) is 15.0 Å². The molecule has 2 aromatic heterocycles. The number of aromatic amines is 1. The summed E-state index contributed by atoms with van der Waals surface area (Å²) < 4.78 is 5.43. The molecule has 0 fully saturated rings. The lowest BCUT2D eigenvalue weighted by molar-refractivity contribution is 0.161. The van der Waals surface area contributed by atoms with E-state index >= 15 is 0 Å². The zero-order valence-electron chi connectivity index (χ0n) is 13.6. The van der Waals surface area contributed by atoms with Crippen molar-refractivity contribution in [3.8, 4) is 0 Å². The van der Waals surface area contributed by atoms with Crippen LogP contribution in [-0.4, -0.2) is 34.4 Å². The highest BCUT2D eigenvalue weighted by Crippen LogP contribution is 2.33. The van der Waals surface area contributed by atoms with Crippen LogP contribution in [0.4, 0.5) is 11.5 Å². The van der Waals surface area contributed by atoms with Gasteiger partial charge in [-0.1, -0.05) is 12.1 Å². The van der Waals surface area contributed by atoms with Gasteiger partial charge in [0.15, 0.2) is 0 Å². The molecule has 2 aliphatic rings. The van der Waals surface area contributed by atoms with Crippen LogP contribution in [0.1, 0.15) is 23.1 Å². The lowest BCUT2D eigenvalue weighted by Gasteiger charge is -2.14. The van der Waals surface area contributed by atoms with E-state index in [1.807, 2.05) is 12.4 Å². The molecule has 6 nitrogen and oxygen atoms in total. The number of aromatic nitrogens is 3. The van der Waals surface area contributed by atoms with E-state index in [1.54, 1.807) is 6.33 Å². The molecule has 4 heterocycles. The highest BCUT2D eigenvalue weighted by atomic mass is 16.5. The summed E-state index contributed by atoms with van der Waals surface area (Å²) in [6.07, 6.45) is 8.55. The van der Waals surface area contributed by atoms with E-state index in [-0.39, 0.29) is 0 Å². The number of rotatable bonds is 3. The van der Waals surface area contributed by atoms with E-state index in [0.29, 0.717) is 6.61 Å². The van der Waals surface area contributed by atoms with Crippen molar-refractivity contribution in [2.24, 2.45) is 4.99 Å². The van der Waals surface area contributed by atoms with Crippen LogP contribution in [0.3, 0.4) is 0 Å². The fourth-order valence-corrected chi connectivity index (χ4v) is 3.40. The summed E-state index contributed by atoms with van der Waals surface area (Å²) in [4.78, 5) is 16.4. The second-order valence-electron chi connectivity index (χ2n) is 6.21. The van der Waals surface area contributed by atoms with E-state index in [9.17, 15) is 0 Å². The predicted molar refractivity (Wildman–Crippen MR) is 98.3 cm³/mol. The van der Waals surface area contributed by atoms with E-state index in [4.69, 9.17) is 4.74 Å². The molecular weight excluding hydrogens is 314 g/mol. The Bertz CT molecular complexity index is 1020. The zero-order valence-corrected chi connectivity index (χ0v) is 13.6. The van der Waals surface area contributed by atoms with Gasteiger partial charge in [0, 0.05) is 23.7 Å². The van der Waals surface area contributed by atoms with Gasteiger partial charge in [-0.15, -0.1) is 0 Å². The molecule has 1 aromatic carbocycles. The first-order valence-corrected chi connectivity index (χ1v) is 8.37. The molecule has 0 unspecified atom stereocenters. The average molecular weight is 331 g/mol. The molecule has 0 amide bonds. The molecule has 0 aliphatic carbocycles. The van der Waals surface area contributed by atoms with Gasteiger partial charge in [0.2, 0.25) is 0 Å². The van der Waals surface area contributed by atoms with Gasteiger partial charge in [-0.05, 0) is 35.3 Å². The fourth-order valence-electron chi connectivity index (χ4n) is 3.40. The molecule has 2 aliphatic heterocycles. The minimum absolute atomic E-state index is 0.655. The maximum absolute atomic E-state index is 5.43. The number of benzene rings is 1. The molecule has 0 atom stereocenters. The van der Waals surface area contributed by atoms with E-state index in [2.05, 4.69) is 49.5 Å². The summed E-state index contributed by atoms with van der Waals surface area (Å²) in [7, 11) is 0. The Kier molecular flexibility index (Phi) is 3.34. The van der Waals surface area contributed by atoms with Crippen LogP contribution in [0.15, 0.2) is 41.8 Å². The van der Waals surface area contributed by atoms with Crippen LogP contribution in [0.2, 0.25) is 0 Å². The van der Waals surface area contributed by atoms with E-state index in [1.165, 1.54) is 11.1 Å². The van der Waals surface area contributed by atoms with Crippen LogP contribution in [0.25, 0.3) is 16.6 Å². The molecule has 5 rings (SSSR count). The van der Waals surface area contributed by atoms with Gasteiger partial charge in [0.05, 0.1) is 25.1 Å². The van der Waals surface area contributed by atoms with Crippen molar-refractivity contribution in [3.05, 3.63) is 53.5 Å². The molecule has 25 heavy (non-hydrogen) atoms. The molecule has 0 spiro atoms. The van der Waals surface area contributed by atoms with Gasteiger partial charge < -0.3 is 15.0 Å². The number of aliphatic imine (C=N–C) groups is 1. The van der Waals surface area contributed by atoms with E-state index < -0.39 is 0 Å². The second-order valence-corrected chi connectivity index (χ2v) is 6.21. The maximum atomic E-state index is 5.43. The van der Waals surface area contributed by atoms with Crippen LogP contribution >= 0.6 is 0 Å². The van der Waals surface area contributed by atoms with Gasteiger partial charge in [-0.25, -0.2) is 9.97 Å². The first-order valence-electron chi connectivity index (χ1n) is 8.37. The van der Waals surface area contributed by atoms with Crippen molar-refractivity contribution in [1.29, 1.82) is 0 Å². The Morgan fingerprint density at radius 3 is 3.12 bits per heavy atom. The number of hydrogen-bond acceptors (Lipinski definition) is 5. The van der Waals surface area contributed by atoms with Gasteiger partial charge in [-0.2, -0.15) is 0 Å². The fraction of sp³-hybridized carbons (Fsp3) is 0.211. The van der Waals surface area contributed by atoms with Crippen LogP contribution in [0, 0.1) is 0 Å². The summed E-state index contributed by atoms with van der Waals surface area (Å²) in [5.74, 6) is 0.809. The Hall–Kier alpha value is -2.99. The first-order chi connectivity index (χ1) is 12.4. The van der Waals surface area contributed by atoms with Crippen molar-refractivity contribution < 1.29 is 4.74 Å². The Balaban J connectivity index is 1.58.